The van der Waals surface area contributed by atoms with Gasteiger partial charge >= 0.3 is 0 Å². The molecule has 0 N–H and O–H groups in total. The molecule has 3 nitrogen and oxygen atoms in total. The van der Waals surface area contributed by atoms with Crippen molar-refractivity contribution in [1.82, 2.24) is 4.98 Å². The van der Waals surface area contributed by atoms with Crippen LogP contribution in [0.2, 0.25) is 0 Å². The Kier molecular flexibility index (Phi) is 4.53. The second-order valence-electron chi connectivity index (χ2n) is 5.29. The Morgan fingerprint density at radius 2 is 1.78 bits per heavy atom. The van der Waals surface area contributed by atoms with Crippen molar-refractivity contribution in [2.24, 2.45) is 0 Å². The van der Waals surface area contributed by atoms with Crippen LogP contribution in [0.3, 0.4) is 0 Å². The monoisotopic (exact) mass is 322 g/mol. The lowest BCUT2D eigenvalue weighted by Gasteiger charge is -2.19. The van der Waals surface area contributed by atoms with Crippen LogP contribution < -0.4 is 4.90 Å². The third-order valence-corrected chi connectivity index (χ3v) is 4.54. The van der Waals surface area contributed by atoms with Crippen LogP contribution in [0.25, 0.3) is 10.6 Å². The SMILES string of the molecule is CCN(C(=O)c1csc(-c2ccc(C)cc2)n1)c1ccccc1. The van der Waals surface area contributed by atoms with E-state index in [2.05, 4.69) is 24.0 Å². The minimum atomic E-state index is -0.0617. The van der Waals surface area contributed by atoms with E-state index in [1.807, 2.05) is 54.8 Å². The van der Waals surface area contributed by atoms with E-state index in [-0.39, 0.29) is 5.91 Å². The van der Waals surface area contributed by atoms with Crippen molar-refractivity contribution >= 4 is 22.9 Å². The summed E-state index contributed by atoms with van der Waals surface area (Å²) in [4.78, 5) is 19.0. The Morgan fingerprint density at radius 3 is 2.43 bits per heavy atom. The molecule has 0 spiro atoms. The van der Waals surface area contributed by atoms with Crippen LogP contribution in [0.4, 0.5) is 5.69 Å². The number of amides is 1. The van der Waals surface area contributed by atoms with E-state index in [1.54, 1.807) is 4.90 Å². The lowest BCUT2D eigenvalue weighted by Crippen LogP contribution is -2.30. The predicted octanol–water partition coefficient (Wildman–Crippen LogP) is 4.79. The largest absolute Gasteiger partial charge is 0.307 e. The molecule has 0 aliphatic carbocycles. The predicted molar refractivity (Wildman–Crippen MR) is 96.1 cm³/mol. The number of rotatable bonds is 4. The molecule has 0 unspecified atom stereocenters. The van der Waals surface area contributed by atoms with Crippen LogP contribution in [-0.4, -0.2) is 17.4 Å². The van der Waals surface area contributed by atoms with Crippen molar-refractivity contribution in [2.75, 3.05) is 11.4 Å². The highest BCUT2D eigenvalue weighted by atomic mass is 32.1. The van der Waals surface area contributed by atoms with Gasteiger partial charge in [0.25, 0.3) is 5.91 Å². The first-order valence-corrected chi connectivity index (χ1v) is 8.46. The highest BCUT2D eigenvalue weighted by Gasteiger charge is 2.19. The summed E-state index contributed by atoms with van der Waals surface area (Å²) in [6, 6.07) is 17.9. The van der Waals surface area contributed by atoms with Crippen molar-refractivity contribution in [2.45, 2.75) is 13.8 Å². The van der Waals surface area contributed by atoms with Gasteiger partial charge in [-0.05, 0) is 26.0 Å². The van der Waals surface area contributed by atoms with Gasteiger partial charge in [-0.15, -0.1) is 11.3 Å². The highest BCUT2D eigenvalue weighted by molar-refractivity contribution is 7.13. The van der Waals surface area contributed by atoms with Gasteiger partial charge < -0.3 is 4.90 Å². The zero-order chi connectivity index (χ0) is 16.2. The van der Waals surface area contributed by atoms with Gasteiger partial charge in [-0.1, -0.05) is 48.0 Å². The van der Waals surface area contributed by atoms with E-state index in [4.69, 9.17) is 0 Å². The quantitative estimate of drug-likeness (QED) is 0.692. The molecular formula is C19H18N2OS. The van der Waals surface area contributed by atoms with Gasteiger partial charge in [0, 0.05) is 23.2 Å². The van der Waals surface area contributed by atoms with E-state index in [9.17, 15) is 4.79 Å². The molecule has 23 heavy (non-hydrogen) atoms. The van der Waals surface area contributed by atoms with Crippen LogP contribution in [-0.2, 0) is 0 Å². The van der Waals surface area contributed by atoms with Crippen LogP contribution in [0.5, 0.6) is 0 Å². The summed E-state index contributed by atoms with van der Waals surface area (Å²) < 4.78 is 0. The molecule has 116 valence electrons. The van der Waals surface area contributed by atoms with Crippen LogP contribution in [0.15, 0.2) is 60.0 Å². The normalized spacial score (nSPS) is 10.5. The molecule has 0 saturated heterocycles. The lowest BCUT2D eigenvalue weighted by atomic mass is 10.2. The number of hydrogen-bond acceptors (Lipinski definition) is 3. The summed E-state index contributed by atoms with van der Waals surface area (Å²) in [7, 11) is 0. The maximum Gasteiger partial charge on any atom is 0.277 e. The first-order chi connectivity index (χ1) is 11.2. The molecule has 1 aromatic heterocycles. The summed E-state index contributed by atoms with van der Waals surface area (Å²) in [5.74, 6) is -0.0617. The molecular weight excluding hydrogens is 304 g/mol. The van der Waals surface area contributed by atoms with E-state index >= 15 is 0 Å². The fourth-order valence-corrected chi connectivity index (χ4v) is 3.19. The summed E-state index contributed by atoms with van der Waals surface area (Å²) in [6.07, 6.45) is 0. The minimum Gasteiger partial charge on any atom is -0.307 e. The minimum absolute atomic E-state index is 0.0617. The highest BCUT2D eigenvalue weighted by Crippen LogP contribution is 2.25. The van der Waals surface area contributed by atoms with Crippen molar-refractivity contribution in [3.63, 3.8) is 0 Å². The molecule has 3 aromatic rings. The Morgan fingerprint density at radius 1 is 1.09 bits per heavy atom. The number of anilines is 1. The number of benzene rings is 2. The van der Waals surface area contributed by atoms with Gasteiger partial charge in [0.2, 0.25) is 0 Å². The number of nitrogens with zero attached hydrogens (tertiary/aromatic N) is 2. The molecule has 0 atom stereocenters. The van der Waals surface area contributed by atoms with Gasteiger partial charge in [0.15, 0.2) is 0 Å². The maximum atomic E-state index is 12.7. The molecule has 0 aliphatic rings. The first-order valence-electron chi connectivity index (χ1n) is 7.58. The summed E-state index contributed by atoms with van der Waals surface area (Å²) in [5, 5.41) is 2.71. The molecule has 0 radical (unpaired) electrons. The molecule has 2 aromatic carbocycles. The molecule has 0 saturated carbocycles. The zero-order valence-electron chi connectivity index (χ0n) is 13.2. The van der Waals surface area contributed by atoms with Crippen LogP contribution >= 0.6 is 11.3 Å². The number of carbonyl (C=O) groups is 1. The van der Waals surface area contributed by atoms with E-state index in [0.717, 1.165) is 16.3 Å². The van der Waals surface area contributed by atoms with E-state index in [0.29, 0.717) is 12.2 Å². The van der Waals surface area contributed by atoms with E-state index < -0.39 is 0 Å². The number of para-hydroxylation sites is 1. The van der Waals surface area contributed by atoms with Crippen molar-refractivity contribution < 1.29 is 4.79 Å². The van der Waals surface area contributed by atoms with Gasteiger partial charge in [-0.3, -0.25) is 4.79 Å². The van der Waals surface area contributed by atoms with Crippen molar-refractivity contribution in [1.29, 1.82) is 0 Å². The van der Waals surface area contributed by atoms with Crippen molar-refractivity contribution in [3.8, 4) is 10.6 Å². The fraction of sp³-hybridized carbons (Fsp3) is 0.158. The maximum absolute atomic E-state index is 12.7. The van der Waals surface area contributed by atoms with Gasteiger partial charge in [-0.25, -0.2) is 4.98 Å². The number of hydrogen-bond donors (Lipinski definition) is 0. The Bertz CT molecular complexity index is 794. The molecule has 4 heteroatoms. The Balaban J connectivity index is 1.87. The third-order valence-electron chi connectivity index (χ3n) is 3.65. The second kappa shape index (κ2) is 6.75. The molecule has 0 fully saturated rings. The average Bonchev–Trinajstić information content (AvgIpc) is 3.07. The fourth-order valence-electron chi connectivity index (χ4n) is 2.39. The smallest absolute Gasteiger partial charge is 0.277 e. The second-order valence-corrected chi connectivity index (χ2v) is 6.15. The summed E-state index contributed by atoms with van der Waals surface area (Å²) in [5.41, 5.74) is 3.64. The third kappa shape index (κ3) is 3.32. The topological polar surface area (TPSA) is 33.2 Å². The molecule has 0 bridgehead atoms. The summed E-state index contributed by atoms with van der Waals surface area (Å²) >= 11 is 1.50. The van der Waals surface area contributed by atoms with Gasteiger partial charge in [0.05, 0.1) is 0 Å². The zero-order valence-corrected chi connectivity index (χ0v) is 14.0. The first kappa shape index (κ1) is 15.4. The van der Waals surface area contributed by atoms with Gasteiger partial charge in [0.1, 0.15) is 10.7 Å². The van der Waals surface area contributed by atoms with Crippen molar-refractivity contribution in [3.05, 3.63) is 71.2 Å². The Hall–Kier alpha value is -2.46. The standard InChI is InChI=1S/C19H18N2OS/c1-3-21(16-7-5-4-6-8-16)19(22)17-13-23-18(20-17)15-11-9-14(2)10-12-15/h4-13H,3H2,1-2H3. The molecule has 1 amide bonds. The number of aromatic nitrogens is 1. The Labute approximate surface area is 140 Å². The number of carbonyl (C=O) groups excluding carboxylic acids is 1. The molecule has 1 heterocycles. The van der Waals surface area contributed by atoms with E-state index in [1.165, 1.54) is 16.9 Å². The van der Waals surface area contributed by atoms with Crippen LogP contribution in [0, 0.1) is 6.92 Å². The number of thiazole rings is 1. The van der Waals surface area contributed by atoms with Gasteiger partial charge in [-0.2, -0.15) is 0 Å². The summed E-state index contributed by atoms with van der Waals surface area (Å²) in [6.45, 7) is 4.64. The van der Waals surface area contributed by atoms with Crippen LogP contribution in [0.1, 0.15) is 23.0 Å². The molecule has 0 aliphatic heterocycles. The number of aryl methyl sites for hydroxylation is 1. The molecule has 3 rings (SSSR count). The average molecular weight is 322 g/mol. The lowest BCUT2D eigenvalue weighted by molar-refractivity contribution is 0.0984.